The van der Waals surface area contributed by atoms with Crippen molar-refractivity contribution in [2.75, 3.05) is 25.0 Å². The minimum Gasteiger partial charge on any atom is -0.372 e. The summed E-state index contributed by atoms with van der Waals surface area (Å²) >= 11 is 0. The Morgan fingerprint density at radius 2 is 2.05 bits per heavy atom. The van der Waals surface area contributed by atoms with Crippen LogP contribution in [0.25, 0.3) is 0 Å². The van der Waals surface area contributed by atoms with Gasteiger partial charge in [-0.1, -0.05) is 26.0 Å². The number of benzene rings is 1. The number of para-hydroxylation sites is 1. The van der Waals surface area contributed by atoms with Crippen molar-refractivity contribution in [1.82, 2.24) is 5.32 Å². The number of halogens is 1. The number of nitrogens with one attached hydrogen (secondary N) is 1. The summed E-state index contributed by atoms with van der Waals surface area (Å²) in [6.45, 7) is 6.43. The quantitative estimate of drug-likeness (QED) is 0.884. The SMILES string of the molecule is CCNC1CCC(C)CC1CN(C)c1ccccc1F. The van der Waals surface area contributed by atoms with Gasteiger partial charge in [-0.05, 0) is 49.8 Å². The van der Waals surface area contributed by atoms with Crippen LogP contribution in [0.2, 0.25) is 0 Å². The Morgan fingerprint density at radius 3 is 2.75 bits per heavy atom. The summed E-state index contributed by atoms with van der Waals surface area (Å²) in [6, 6.07) is 7.63. The van der Waals surface area contributed by atoms with Crippen molar-refractivity contribution in [2.24, 2.45) is 11.8 Å². The molecule has 0 heterocycles. The molecule has 0 aliphatic heterocycles. The summed E-state index contributed by atoms with van der Waals surface area (Å²) in [7, 11) is 2.00. The van der Waals surface area contributed by atoms with Gasteiger partial charge in [0.05, 0.1) is 5.69 Å². The molecule has 0 aromatic heterocycles. The van der Waals surface area contributed by atoms with Gasteiger partial charge in [0.1, 0.15) is 5.82 Å². The number of anilines is 1. The third kappa shape index (κ3) is 3.72. The van der Waals surface area contributed by atoms with Crippen LogP contribution in [-0.2, 0) is 0 Å². The van der Waals surface area contributed by atoms with Crippen LogP contribution < -0.4 is 10.2 Å². The Hall–Kier alpha value is -1.09. The van der Waals surface area contributed by atoms with Crippen LogP contribution in [0.1, 0.15) is 33.1 Å². The van der Waals surface area contributed by atoms with Gasteiger partial charge in [0.25, 0.3) is 0 Å². The zero-order valence-electron chi connectivity index (χ0n) is 12.9. The first-order chi connectivity index (χ1) is 9.61. The second kappa shape index (κ2) is 7.07. The number of hydrogen-bond acceptors (Lipinski definition) is 2. The first-order valence-electron chi connectivity index (χ1n) is 7.80. The Labute approximate surface area is 122 Å². The van der Waals surface area contributed by atoms with Gasteiger partial charge in [0.2, 0.25) is 0 Å². The van der Waals surface area contributed by atoms with Crippen LogP contribution in [0.4, 0.5) is 10.1 Å². The first-order valence-corrected chi connectivity index (χ1v) is 7.80. The van der Waals surface area contributed by atoms with E-state index in [0.29, 0.717) is 17.6 Å². The molecule has 0 bridgehead atoms. The molecule has 0 spiro atoms. The standard InChI is InChI=1S/C17H27FN2/c1-4-19-16-10-9-13(2)11-14(16)12-20(3)17-8-6-5-7-15(17)18/h5-8,13-14,16,19H,4,9-12H2,1-3H3. The Morgan fingerprint density at radius 1 is 1.30 bits per heavy atom. The molecule has 2 rings (SSSR count). The van der Waals surface area contributed by atoms with Crippen molar-refractivity contribution in [3.63, 3.8) is 0 Å². The maximum atomic E-state index is 13.9. The van der Waals surface area contributed by atoms with Crippen molar-refractivity contribution in [2.45, 2.75) is 39.2 Å². The highest BCUT2D eigenvalue weighted by atomic mass is 19.1. The third-order valence-electron chi connectivity index (χ3n) is 4.48. The number of nitrogens with zero attached hydrogens (tertiary/aromatic N) is 1. The van der Waals surface area contributed by atoms with E-state index in [-0.39, 0.29) is 5.82 Å². The second-order valence-electron chi connectivity index (χ2n) is 6.17. The molecule has 3 atom stereocenters. The van der Waals surface area contributed by atoms with Gasteiger partial charge in [-0.3, -0.25) is 0 Å². The molecule has 3 heteroatoms. The molecule has 3 unspecified atom stereocenters. The predicted octanol–water partition coefficient (Wildman–Crippen LogP) is 3.68. The van der Waals surface area contributed by atoms with E-state index in [9.17, 15) is 4.39 Å². The number of rotatable bonds is 5. The lowest BCUT2D eigenvalue weighted by Crippen LogP contribution is -2.45. The van der Waals surface area contributed by atoms with E-state index >= 15 is 0 Å². The van der Waals surface area contributed by atoms with Gasteiger partial charge in [0, 0.05) is 19.6 Å². The van der Waals surface area contributed by atoms with E-state index in [0.717, 1.165) is 19.0 Å². The molecule has 112 valence electrons. The average Bonchev–Trinajstić information content (AvgIpc) is 2.42. The summed E-state index contributed by atoms with van der Waals surface area (Å²) < 4.78 is 13.9. The maximum Gasteiger partial charge on any atom is 0.146 e. The topological polar surface area (TPSA) is 15.3 Å². The molecule has 0 saturated heterocycles. The fourth-order valence-corrected chi connectivity index (χ4v) is 3.44. The fourth-order valence-electron chi connectivity index (χ4n) is 3.44. The van der Waals surface area contributed by atoms with E-state index in [1.54, 1.807) is 6.07 Å². The van der Waals surface area contributed by atoms with E-state index in [1.807, 2.05) is 19.2 Å². The smallest absolute Gasteiger partial charge is 0.146 e. The first kappa shape index (κ1) is 15.3. The van der Waals surface area contributed by atoms with Gasteiger partial charge in [-0.2, -0.15) is 0 Å². The molecular weight excluding hydrogens is 251 g/mol. The monoisotopic (exact) mass is 278 g/mol. The molecule has 20 heavy (non-hydrogen) atoms. The van der Waals surface area contributed by atoms with Gasteiger partial charge >= 0.3 is 0 Å². The van der Waals surface area contributed by atoms with Crippen LogP contribution in [0.15, 0.2) is 24.3 Å². The van der Waals surface area contributed by atoms with Gasteiger partial charge in [-0.15, -0.1) is 0 Å². The van der Waals surface area contributed by atoms with Crippen LogP contribution >= 0.6 is 0 Å². The minimum atomic E-state index is -0.126. The normalized spacial score (nSPS) is 26.5. The molecule has 1 N–H and O–H groups in total. The van der Waals surface area contributed by atoms with Crippen LogP contribution in [-0.4, -0.2) is 26.2 Å². The zero-order valence-corrected chi connectivity index (χ0v) is 12.9. The number of hydrogen-bond donors (Lipinski definition) is 1. The van der Waals surface area contributed by atoms with Crippen molar-refractivity contribution >= 4 is 5.69 Å². The third-order valence-corrected chi connectivity index (χ3v) is 4.48. The van der Waals surface area contributed by atoms with Crippen molar-refractivity contribution < 1.29 is 4.39 Å². The lowest BCUT2D eigenvalue weighted by Gasteiger charge is -2.38. The van der Waals surface area contributed by atoms with Crippen molar-refractivity contribution in [1.29, 1.82) is 0 Å². The average molecular weight is 278 g/mol. The zero-order chi connectivity index (χ0) is 14.5. The maximum absolute atomic E-state index is 13.9. The predicted molar refractivity (Wildman–Crippen MR) is 83.6 cm³/mol. The van der Waals surface area contributed by atoms with Crippen molar-refractivity contribution in [3.05, 3.63) is 30.1 Å². The van der Waals surface area contributed by atoms with Crippen molar-refractivity contribution in [3.8, 4) is 0 Å². The highest BCUT2D eigenvalue weighted by Gasteiger charge is 2.29. The summed E-state index contributed by atoms with van der Waals surface area (Å²) in [4.78, 5) is 2.07. The molecule has 1 aromatic carbocycles. The molecule has 1 aliphatic carbocycles. The largest absolute Gasteiger partial charge is 0.372 e. The molecule has 1 aromatic rings. The second-order valence-corrected chi connectivity index (χ2v) is 6.17. The highest BCUT2D eigenvalue weighted by Crippen LogP contribution is 2.31. The van der Waals surface area contributed by atoms with E-state index in [4.69, 9.17) is 0 Å². The fraction of sp³-hybridized carbons (Fsp3) is 0.647. The molecular formula is C17H27FN2. The molecule has 0 radical (unpaired) electrons. The highest BCUT2D eigenvalue weighted by molar-refractivity contribution is 5.46. The Kier molecular flexibility index (Phi) is 5.41. The molecule has 2 nitrogen and oxygen atoms in total. The molecule has 1 fully saturated rings. The van der Waals surface area contributed by atoms with Crippen LogP contribution in [0.5, 0.6) is 0 Å². The summed E-state index contributed by atoms with van der Waals surface area (Å²) in [6.07, 6.45) is 3.78. The minimum absolute atomic E-state index is 0.126. The van der Waals surface area contributed by atoms with Gasteiger partial charge < -0.3 is 10.2 Å². The summed E-state index contributed by atoms with van der Waals surface area (Å²) in [5.41, 5.74) is 0.709. The van der Waals surface area contributed by atoms with E-state index in [2.05, 4.69) is 24.1 Å². The molecule has 0 amide bonds. The van der Waals surface area contributed by atoms with Crippen LogP contribution in [0.3, 0.4) is 0 Å². The molecule has 1 saturated carbocycles. The Balaban J connectivity index is 2.04. The van der Waals surface area contributed by atoms with Crippen LogP contribution in [0, 0.1) is 17.7 Å². The summed E-state index contributed by atoms with van der Waals surface area (Å²) in [5.74, 6) is 1.26. The van der Waals surface area contributed by atoms with E-state index in [1.165, 1.54) is 25.3 Å². The Bertz CT molecular complexity index is 421. The lowest BCUT2D eigenvalue weighted by molar-refractivity contribution is 0.219. The van der Waals surface area contributed by atoms with Gasteiger partial charge in [0.15, 0.2) is 0 Å². The van der Waals surface area contributed by atoms with E-state index < -0.39 is 0 Å². The summed E-state index contributed by atoms with van der Waals surface area (Å²) in [5, 5.41) is 3.61. The lowest BCUT2D eigenvalue weighted by atomic mass is 9.78. The van der Waals surface area contributed by atoms with Gasteiger partial charge in [-0.25, -0.2) is 4.39 Å². The molecule has 1 aliphatic rings.